The number of aryl methyl sites for hydroxylation is 2. The first-order valence-electron chi connectivity index (χ1n) is 10.8. The maximum atomic E-state index is 12.8. The van der Waals surface area contributed by atoms with Crippen molar-refractivity contribution >= 4 is 33.7 Å². The number of fused-ring (bicyclic) bond motifs is 2. The second kappa shape index (κ2) is 7.88. The minimum absolute atomic E-state index is 0.0205. The van der Waals surface area contributed by atoms with Crippen LogP contribution >= 0.6 is 0 Å². The summed E-state index contributed by atoms with van der Waals surface area (Å²) in [4.78, 5) is 27.4. The molecule has 1 aromatic carbocycles. The van der Waals surface area contributed by atoms with Gasteiger partial charge in [-0.15, -0.1) is 0 Å². The normalized spacial score (nSPS) is 17.9. The van der Waals surface area contributed by atoms with E-state index in [0.717, 1.165) is 59.9 Å². The highest BCUT2D eigenvalue weighted by Crippen LogP contribution is 2.31. The van der Waals surface area contributed by atoms with Gasteiger partial charge in [-0.05, 0) is 26.0 Å². The van der Waals surface area contributed by atoms with Crippen LogP contribution in [0.25, 0.3) is 22.1 Å². The zero-order valence-electron chi connectivity index (χ0n) is 17.6. The molecule has 2 aliphatic heterocycles. The van der Waals surface area contributed by atoms with Gasteiger partial charge in [-0.2, -0.15) is 0 Å². The smallest absolute Gasteiger partial charge is 0.329 e. The van der Waals surface area contributed by atoms with Gasteiger partial charge < -0.3 is 19.3 Å². The van der Waals surface area contributed by atoms with Gasteiger partial charge in [0.2, 0.25) is 0 Å². The van der Waals surface area contributed by atoms with E-state index in [4.69, 9.17) is 19.4 Å². The highest BCUT2D eigenvalue weighted by molar-refractivity contribution is 5.93. The first-order valence-corrected chi connectivity index (χ1v) is 10.8. The van der Waals surface area contributed by atoms with Gasteiger partial charge in [0.05, 0.1) is 48.5 Å². The van der Waals surface area contributed by atoms with Crippen molar-refractivity contribution in [1.29, 1.82) is 0 Å². The monoisotopic (exact) mass is 412 g/mol. The summed E-state index contributed by atoms with van der Waals surface area (Å²) in [7, 11) is 0. The minimum Gasteiger partial charge on any atom is -0.378 e. The molecule has 0 radical (unpaired) electrons. The highest BCUT2D eigenvalue weighted by Gasteiger charge is 2.24. The Labute approximate surface area is 174 Å². The number of ether oxygens (including phenoxy) is 2. The van der Waals surface area contributed by atoms with Gasteiger partial charge in [0.15, 0.2) is 11.6 Å². The molecule has 0 amide bonds. The van der Waals surface area contributed by atoms with Gasteiger partial charge in [-0.1, -0.05) is 0 Å². The van der Waals surface area contributed by atoms with E-state index >= 15 is 0 Å². The largest absolute Gasteiger partial charge is 0.378 e. The van der Waals surface area contributed by atoms with Crippen LogP contribution in [0, 0.1) is 0 Å². The van der Waals surface area contributed by atoms with Crippen LogP contribution in [-0.2, 0) is 22.6 Å². The second-order valence-electron chi connectivity index (χ2n) is 7.67. The third-order valence-electron chi connectivity index (χ3n) is 6.02. The van der Waals surface area contributed by atoms with Crippen molar-refractivity contribution in [2.75, 3.05) is 62.4 Å². The number of hydrogen-bond donors (Lipinski definition) is 0. The molecule has 0 aliphatic carbocycles. The van der Waals surface area contributed by atoms with Gasteiger partial charge in [0.1, 0.15) is 0 Å². The zero-order valence-corrected chi connectivity index (χ0v) is 17.6. The molecular weight excluding hydrogens is 384 g/mol. The molecular formula is C21H28N6O3. The third kappa shape index (κ3) is 3.13. The Morgan fingerprint density at radius 2 is 1.17 bits per heavy atom. The molecule has 0 spiro atoms. The fourth-order valence-electron chi connectivity index (χ4n) is 4.43. The summed E-state index contributed by atoms with van der Waals surface area (Å²) in [5.74, 6) is 1.79. The van der Waals surface area contributed by atoms with Crippen LogP contribution in [0.4, 0.5) is 11.6 Å². The lowest BCUT2D eigenvalue weighted by Gasteiger charge is -2.34. The molecule has 2 fully saturated rings. The fraction of sp³-hybridized carbons (Fsp3) is 0.571. The van der Waals surface area contributed by atoms with Crippen molar-refractivity contribution in [1.82, 2.24) is 19.1 Å². The Morgan fingerprint density at radius 1 is 0.767 bits per heavy atom. The summed E-state index contributed by atoms with van der Waals surface area (Å²) >= 11 is 0. The molecule has 0 atom stereocenters. The number of aromatic nitrogens is 4. The Hall–Kier alpha value is -2.65. The van der Waals surface area contributed by atoms with E-state index in [1.165, 1.54) is 0 Å². The number of benzene rings is 1. The van der Waals surface area contributed by atoms with Gasteiger partial charge >= 0.3 is 5.69 Å². The molecule has 2 saturated heterocycles. The molecule has 9 heteroatoms. The lowest BCUT2D eigenvalue weighted by Crippen LogP contribution is -2.41. The van der Waals surface area contributed by atoms with Crippen molar-refractivity contribution in [3.63, 3.8) is 0 Å². The Bertz CT molecular complexity index is 1040. The average molecular weight is 412 g/mol. The van der Waals surface area contributed by atoms with Crippen LogP contribution in [0.15, 0.2) is 16.9 Å². The molecule has 5 rings (SSSR count). The van der Waals surface area contributed by atoms with Crippen LogP contribution in [0.5, 0.6) is 0 Å². The van der Waals surface area contributed by atoms with Crippen LogP contribution in [0.1, 0.15) is 13.8 Å². The van der Waals surface area contributed by atoms with Crippen LogP contribution in [0.2, 0.25) is 0 Å². The van der Waals surface area contributed by atoms with Crippen LogP contribution in [-0.4, -0.2) is 71.7 Å². The molecule has 2 aliphatic rings. The van der Waals surface area contributed by atoms with Gasteiger partial charge in [-0.3, -0.25) is 9.13 Å². The first-order chi connectivity index (χ1) is 14.7. The molecule has 160 valence electrons. The Morgan fingerprint density at radius 3 is 1.53 bits per heavy atom. The maximum absolute atomic E-state index is 12.8. The molecule has 0 N–H and O–H groups in total. The van der Waals surface area contributed by atoms with E-state index in [9.17, 15) is 4.79 Å². The van der Waals surface area contributed by atoms with Gasteiger partial charge in [-0.25, -0.2) is 14.8 Å². The predicted molar refractivity (Wildman–Crippen MR) is 117 cm³/mol. The van der Waals surface area contributed by atoms with Crippen molar-refractivity contribution in [2.24, 2.45) is 0 Å². The fourth-order valence-corrected chi connectivity index (χ4v) is 4.43. The minimum atomic E-state index is 0.0205. The first kappa shape index (κ1) is 19.3. The number of nitrogens with zero attached hydrogens (tertiary/aromatic N) is 6. The Kier molecular flexibility index (Phi) is 5.08. The van der Waals surface area contributed by atoms with E-state index in [0.29, 0.717) is 39.5 Å². The summed E-state index contributed by atoms with van der Waals surface area (Å²) in [5, 5.41) is 0. The summed E-state index contributed by atoms with van der Waals surface area (Å²) in [6.45, 7) is 11.2. The molecule has 0 unspecified atom stereocenters. The molecule has 0 bridgehead atoms. The van der Waals surface area contributed by atoms with E-state index < -0.39 is 0 Å². The van der Waals surface area contributed by atoms with E-state index in [1.807, 2.05) is 35.1 Å². The molecule has 3 aromatic rings. The standard InChI is InChI=1S/C21H28N6O3/c1-3-26-17-13-15-16(14-18(17)27(4-2)21(26)28)23-20(25-7-11-30-12-8-25)19(22-15)24-5-9-29-10-6-24/h13-14H,3-12H2,1-2H3. The highest BCUT2D eigenvalue weighted by atomic mass is 16.5. The predicted octanol–water partition coefficient (Wildman–Crippen LogP) is 1.46. The summed E-state index contributed by atoms with van der Waals surface area (Å²) in [6, 6.07) is 4.03. The van der Waals surface area contributed by atoms with Crippen molar-refractivity contribution < 1.29 is 9.47 Å². The number of imidazole rings is 1. The van der Waals surface area contributed by atoms with Gasteiger partial charge in [0, 0.05) is 39.3 Å². The number of hydrogen-bond acceptors (Lipinski definition) is 7. The van der Waals surface area contributed by atoms with Crippen molar-refractivity contribution in [2.45, 2.75) is 26.9 Å². The van der Waals surface area contributed by atoms with E-state index in [1.54, 1.807) is 0 Å². The second-order valence-corrected chi connectivity index (χ2v) is 7.67. The third-order valence-corrected chi connectivity index (χ3v) is 6.02. The Balaban J connectivity index is 1.73. The van der Waals surface area contributed by atoms with Crippen molar-refractivity contribution in [3.8, 4) is 0 Å². The number of anilines is 2. The van der Waals surface area contributed by atoms with E-state index in [-0.39, 0.29) is 5.69 Å². The number of rotatable bonds is 4. The quantitative estimate of drug-likeness (QED) is 0.642. The summed E-state index contributed by atoms with van der Waals surface area (Å²) in [6.07, 6.45) is 0. The molecule has 2 aromatic heterocycles. The average Bonchev–Trinajstić information content (AvgIpc) is 3.07. The maximum Gasteiger partial charge on any atom is 0.329 e. The lowest BCUT2D eigenvalue weighted by molar-refractivity contribution is 0.120. The molecule has 9 nitrogen and oxygen atoms in total. The van der Waals surface area contributed by atoms with E-state index in [2.05, 4.69) is 9.80 Å². The SMILES string of the molecule is CCn1c(=O)n(CC)c2cc3nc(N4CCOCC4)c(N4CCOCC4)nc3cc21. The van der Waals surface area contributed by atoms with Crippen LogP contribution in [0.3, 0.4) is 0 Å². The molecule has 0 saturated carbocycles. The summed E-state index contributed by atoms with van der Waals surface area (Å²) in [5.41, 5.74) is 3.48. The van der Waals surface area contributed by atoms with Crippen molar-refractivity contribution in [3.05, 3.63) is 22.6 Å². The van der Waals surface area contributed by atoms with Crippen LogP contribution < -0.4 is 15.5 Å². The van der Waals surface area contributed by atoms with Gasteiger partial charge in [0.25, 0.3) is 0 Å². The topological polar surface area (TPSA) is 77.7 Å². The number of morpholine rings is 2. The molecule has 4 heterocycles. The lowest BCUT2D eigenvalue weighted by atomic mass is 10.2. The summed E-state index contributed by atoms with van der Waals surface area (Å²) < 4.78 is 14.7. The molecule has 30 heavy (non-hydrogen) atoms. The zero-order chi connectivity index (χ0) is 20.7.